The van der Waals surface area contributed by atoms with Gasteiger partial charge < -0.3 is 19.4 Å². The predicted molar refractivity (Wildman–Crippen MR) is 94.9 cm³/mol. The molecule has 0 radical (unpaired) electrons. The number of benzene rings is 1. The van der Waals surface area contributed by atoms with E-state index in [0.29, 0.717) is 10.9 Å². The van der Waals surface area contributed by atoms with Crippen LogP contribution in [0.25, 0.3) is 22.4 Å². The van der Waals surface area contributed by atoms with Gasteiger partial charge in [0.15, 0.2) is 11.5 Å². The van der Waals surface area contributed by atoms with Crippen molar-refractivity contribution in [3.63, 3.8) is 0 Å². The number of aromatic nitrogens is 2. The molecule has 0 aliphatic rings. The average Bonchev–Trinajstić information content (AvgIpc) is 3.10. The van der Waals surface area contributed by atoms with Crippen molar-refractivity contribution in [2.75, 3.05) is 7.11 Å². The van der Waals surface area contributed by atoms with E-state index in [0.717, 1.165) is 6.07 Å². The first kappa shape index (κ1) is 19.8. The van der Waals surface area contributed by atoms with E-state index in [4.69, 9.17) is 9.07 Å². The van der Waals surface area contributed by atoms with Crippen LogP contribution in [0, 0.1) is 0 Å². The third-order valence-electron chi connectivity index (χ3n) is 4.04. The average molecular weight is 393 g/mol. The van der Waals surface area contributed by atoms with Gasteiger partial charge in [0.2, 0.25) is 5.89 Å². The van der Waals surface area contributed by atoms with Crippen molar-refractivity contribution in [2.24, 2.45) is 0 Å². The fourth-order valence-electron chi connectivity index (χ4n) is 2.69. The molecule has 146 valence electrons. The Bertz CT molecular complexity index is 1020. The Kier molecular flexibility index (Phi) is 5.39. The third-order valence-corrected chi connectivity index (χ3v) is 4.04. The first-order valence-electron chi connectivity index (χ1n) is 8.16. The molecule has 0 saturated heterocycles. The molecule has 2 heterocycles. The van der Waals surface area contributed by atoms with Crippen molar-refractivity contribution >= 4 is 24.5 Å². The van der Waals surface area contributed by atoms with Crippen LogP contribution in [0.3, 0.4) is 0 Å². The Hall–Kier alpha value is -2.92. The first-order chi connectivity index (χ1) is 13.2. The van der Waals surface area contributed by atoms with Gasteiger partial charge in [-0.05, 0) is 31.2 Å². The molecule has 1 atom stereocenters. The van der Waals surface area contributed by atoms with Gasteiger partial charge in [-0.15, -0.1) is 0 Å². The van der Waals surface area contributed by atoms with Crippen LogP contribution in [0.4, 0.5) is 13.2 Å². The Morgan fingerprint density at radius 1 is 1.29 bits per heavy atom. The highest BCUT2D eigenvalue weighted by Crippen LogP contribution is 2.34. The van der Waals surface area contributed by atoms with Crippen LogP contribution in [0.5, 0.6) is 0 Å². The van der Waals surface area contributed by atoms with Crippen LogP contribution in [0.2, 0.25) is 0 Å². The topological polar surface area (TPSA) is 97.5 Å². The lowest BCUT2D eigenvalue weighted by Crippen LogP contribution is -2.25. The van der Waals surface area contributed by atoms with Gasteiger partial charge in [-0.25, -0.2) is 14.8 Å². The number of carboxylic acids is 1. The van der Waals surface area contributed by atoms with E-state index in [9.17, 15) is 23.1 Å². The summed E-state index contributed by atoms with van der Waals surface area (Å²) in [6.45, 7) is 1.68. The number of aromatic carboxylic acids is 1. The Balaban J connectivity index is 2.10. The van der Waals surface area contributed by atoms with Gasteiger partial charge in [-0.1, -0.05) is 6.07 Å². The summed E-state index contributed by atoms with van der Waals surface area (Å²) in [4.78, 5) is 19.2. The maximum Gasteiger partial charge on any atom is 0.433 e. The number of nitrogens with zero attached hydrogens (tertiary/aromatic N) is 2. The van der Waals surface area contributed by atoms with Gasteiger partial charge in [0.25, 0.3) is 0 Å². The minimum absolute atomic E-state index is 0.0226. The molecule has 0 aliphatic heterocycles. The number of alkyl halides is 3. The van der Waals surface area contributed by atoms with E-state index >= 15 is 0 Å². The van der Waals surface area contributed by atoms with Gasteiger partial charge in [-0.3, -0.25) is 0 Å². The van der Waals surface area contributed by atoms with Crippen molar-refractivity contribution in [3.8, 4) is 11.5 Å². The van der Waals surface area contributed by atoms with Gasteiger partial charge in [-0.2, -0.15) is 13.2 Å². The molecule has 7 nitrogen and oxygen atoms in total. The SMILES string of the molecule is COBN[C@@H](C)c1oc(-c2cccc3nc(C(F)(F)F)ccc23)nc1C(=O)O. The fourth-order valence-corrected chi connectivity index (χ4v) is 2.69. The molecule has 0 fully saturated rings. The standard InChI is InChI=1S/C17H15BF3N3O4/c1-8(24-18-27-2)14-13(16(25)26)23-15(28-14)10-4-3-5-11-9(10)6-7-12(22-11)17(19,20)21/h3-8,18,24H,1-2H3,(H,25,26)/t8-/m0/s1. The van der Waals surface area contributed by atoms with Crippen LogP contribution in [-0.4, -0.2) is 35.8 Å². The number of nitrogens with one attached hydrogen (secondary N) is 1. The fraction of sp³-hybridized carbons (Fsp3) is 0.235. The normalized spacial score (nSPS) is 12.9. The summed E-state index contributed by atoms with van der Waals surface area (Å²) in [6.07, 6.45) is -4.57. The molecule has 3 rings (SSSR count). The summed E-state index contributed by atoms with van der Waals surface area (Å²) in [5.41, 5.74) is -0.877. The summed E-state index contributed by atoms with van der Waals surface area (Å²) in [5, 5.41) is 12.7. The van der Waals surface area contributed by atoms with Crippen molar-refractivity contribution in [3.05, 3.63) is 47.5 Å². The monoisotopic (exact) mass is 393 g/mol. The molecule has 0 saturated carbocycles. The highest BCUT2D eigenvalue weighted by molar-refractivity contribution is 6.23. The van der Waals surface area contributed by atoms with Crippen LogP contribution >= 0.6 is 0 Å². The number of fused-ring (bicyclic) bond motifs is 1. The van der Waals surface area contributed by atoms with E-state index < -0.39 is 23.9 Å². The molecule has 11 heteroatoms. The van der Waals surface area contributed by atoms with E-state index in [1.54, 1.807) is 13.0 Å². The number of hydrogen-bond acceptors (Lipinski definition) is 6. The third kappa shape index (κ3) is 3.85. The second kappa shape index (κ2) is 7.60. The number of carbonyl (C=O) groups is 1. The van der Waals surface area contributed by atoms with Gasteiger partial charge in [0.05, 0.1) is 11.6 Å². The van der Waals surface area contributed by atoms with E-state index in [-0.39, 0.29) is 30.5 Å². The minimum atomic E-state index is -4.57. The zero-order valence-electron chi connectivity index (χ0n) is 14.9. The molecular weight excluding hydrogens is 378 g/mol. The summed E-state index contributed by atoms with van der Waals surface area (Å²) >= 11 is 0. The van der Waals surface area contributed by atoms with Crippen LogP contribution in [0.1, 0.15) is 34.9 Å². The number of pyridine rings is 1. The molecule has 28 heavy (non-hydrogen) atoms. The smallest absolute Gasteiger partial charge is 0.433 e. The van der Waals surface area contributed by atoms with E-state index in [1.807, 2.05) is 0 Å². The zero-order chi connectivity index (χ0) is 20.5. The highest BCUT2D eigenvalue weighted by atomic mass is 19.4. The Morgan fingerprint density at radius 3 is 2.68 bits per heavy atom. The van der Waals surface area contributed by atoms with Gasteiger partial charge in [0, 0.05) is 18.1 Å². The molecule has 0 aliphatic carbocycles. The van der Waals surface area contributed by atoms with Crippen molar-refractivity contribution in [1.82, 2.24) is 15.2 Å². The quantitative estimate of drug-likeness (QED) is 0.621. The zero-order valence-corrected chi connectivity index (χ0v) is 14.9. The predicted octanol–water partition coefficient (Wildman–Crippen LogP) is 3.17. The molecule has 1 aromatic carbocycles. The molecule has 0 amide bonds. The van der Waals surface area contributed by atoms with Crippen molar-refractivity contribution < 1.29 is 32.1 Å². The van der Waals surface area contributed by atoms with Crippen LogP contribution < -0.4 is 5.23 Å². The molecule has 0 bridgehead atoms. The molecule has 0 unspecified atom stereocenters. The first-order valence-corrected chi connectivity index (χ1v) is 8.16. The Morgan fingerprint density at radius 2 is 2.04 bits per heavy atom. The van der Waals surface area contributed by atoms with Crippen LogP contribution in [0.15, 0.2) is 34.7 Å². The van der Waals surface area contributed by atoms with Gasteiger partial charge >= 0.3 is 19.8 Å². The summed E-state index contributed by atoms with van der Waals surface area (Å²) < 4.78 is 49.3. The number of rotatable bonds is 6. The summed E-state index contributed by atoms with van der Waals surface area (Å²) in [7, 11) is 1.64. The molecule has 0 spiro atoms. The summed E-state index contributed by atoms with van der Waals surface area (Å²) in [5.74, 6) is -1.23. The largest absolute Gasteiger partial charge is 0.476 e. The number of halogens is 3. The van der Waals surface area contributed by atoms with Crippen LogP contribution in [-0.2, 0) is 10.8 Å². The number of oxazole rings is 1. The maximum absolute atomic E-state index is 12.9. The van der Waals surface area contributed by atoms with Gasteiger partial charge in [0.1, 0.15) is 5.69 Å². The number of hydrogen-bond donors (Lipinski definition) is 2. The molecule has 2 N–H and O–H groups in total. The second-order valence-corrected chi connectivity index (χ2v) is 5.96. The highest BCUT2D eigenvalue weighted by Gasteiger charge is 2.33. The molecule has 3 aromatic rings. The molecular formula is C17H15BF3N3O4. The van der Waals surface area contributed by atoms with E-state index in [1.165, 1.54) is 25.3 Å². The maximum atomic E-state index is 12.9. The summed E-state index contributed by atoms with van der Waals surface area (Å²) in [6, 6.07) is 6.11. The molecule has 2 aromatic heterocycles. The Labute approximate surface area is 157 Å². The van der Waals surface area contributed by atoms with E-state index in [2.05, 4.69) is 15.2 Å². The lowest BCUT2D eigenvalue weighted by atomic mass is 10.1. The lowest BCUT2D eigenvalue weighted by molar-refractivity contribution is -0.140. The van der Waals surface area contributed by atoms with Crippen molar-refractivity contribution in [1.29, 1.82) is 0 Å². The number of carboxylic acid groups (broad SMARTS) is 1. The van der Waals surface area contributed by atoms with Crippen molar-refractivity contribution in [2.45, 2.75) is 19.1 Å². The second-order valence-electron chi connectivity index (χ2n) is 5.96. The minimum Gasteiger partial charge on any atom is -0.476 e. The lowest BCUT2D eigenvalue weighted by Gasteiger charge is -2.10.